The largest absolute Gasteiger partial charge is 0.481 e. The van der Waals surface area contributed by atoms with Crippen molar-refractivity contribution in [2.75, 3.05) is 0 Å². The third-order valence-electron chi connectivity index (χ3n) is 1.52. The number of aliphatic carboxylic acids is 1. The zero-order valence-corrected chi connectivity index (χ0v) is 6.65. The summed E-state index contributed by atoms with van der Waals surface area (Å²) in [6.07, 6.45) is 2.72. The highest BCUT2D eigenvalue weighted by Crippen LogP contribution is 2.07. The Morgan fingerprint density at radius 1 is 1.75 bits per heavy atom. The van der Waals surface area contributed by atoms with Crippen LogP contribution in [-0.2, 0) is 9.59 Å². The van der Waals surface area contributed by atoms with E-state index in [9.17, 15) is 9.59 Å². The first kappa shape index (κ1) is 8.64. The van der Waals surface area contributed by atoms with Crippen LogP contribution in [0.3, 0.4) is 0 Å². The van der Waals surface area contributed by atoms with Crippen LogP contribution >= 0.6 is 0 Å². The molecule has 0 aromatic carbocycles. The van der Waals surface area contributed by atoms with E-state index in [-0.39, 0.29) is 12.2 Å². The number of rotatable bonds is 2. The van der Waals surface area contributed by atoms with E-state index in [0.717, 1.165) is 5.57 Å². The van der Waals surface area contributed by atoms with Crippen molar-refractivity contribution in [3.05, 3.63) is 11.6 Å². The summed E-state index contributed by atoms with van der Waals surface area (Å²) in [7, 11) is 0. The van der Waals surface area contributed by atoms with Gasteiger partial charge in [0.2, 0.25) is 0 Å². The maximum absolute atomic E-state index is 11.1. The van der Waals surface area contributed by atoms with Crippen molar-refractivity contribution in [2.45, 2.75) is 19.4 Å². The fraction of sp³-hybridized carbons (Fsp3) is 0.375. The number of dihydropyridines is 1. The summed E-state index contributed by atoms with van der Waals surface area (Å²) in [5.41, 5.74) is 0.765. The zero-order valence-electron chi connectivity index (χ0n) is 6.65. The molecule has 0 amide bonds. The summed E-state index contributed by atoms with van der Waals surface area (Å²) >= 11 is 0. The number of carbonyl (C=O) groups is 2. The van der Waals surface area contributed by atoms with Gasteiger partial charge in [-0.2, -0.15) is 0 Å². The number of nitrogens with zero attached hydrogens (tertiary/aromatic N) is 1. The van der Waals surface area contributed by atoms with Crippen LogP contribution in [0, 0.1) is 0 Å². The van der Waals surface area contributed by atoms with Crippen molar-refractivity contribution in [3.8, 4) is 0 Å². The number of carbonyl (C=O) groups excluding carboxylic acids is 1. The Kier molecular flexibility index (Phi) is 2.38. The molecule has 0 fully saturated rings. The molecule has 1 heterocycles. The fourth-order valence-electron chi connectivity index (χ4n) is 0.958. The first-order valence-electron chi connectivity index (χ1n) is 3.56. The Bertz CT molecular complexity index is 278. The minimum Gasteiger partial charge on any atom is -0.481 e. The van der Waals surface area contributed by atoms with Crippen LogP contribution < -0.4 is 0 Å². The molecule has 12 heavy (non-hydrogen) atoms. The molecular formula is C8H9NO3. The Balaban J connectivity index is 2.66. The maximum Gasteiger partial charge on any atom is 0.306 e. The van der Waals surface area contributed by atoms with E-state index in [0.29, 0.717) is 0 Å². The highest BCUT2D eigenvalue weighted by molar-refractivity contribution is 6.04. The summed E-state index contributed by atoms with van der Waals surface area (Å²) in [6, 6.07) is -0.716. The Hall–Kier alpha value is -1.45. The average Bonchev–Trinajstić information content (AvgIpc) is 1.94. The molecule has 0 radical (unpaired) electrons. The highest BCUT2D eigenvalue weighted by Gasteiger charge is 2.20. The van der Waals surface area contributed by atoms with E-state index in [1.807, 2.05) is 0 Å². The van der Waals surface area contributed by atoms with Crippen molar-refractivity contribution in [2.24, 2.45) is 4.99 Å². The lowest BCUT2D eigenvalue weighted by atomic mass is 10.1. The molecule has 0 spiro atoms. The smallest absolute Gasteiger partial charge is 0.306 e. The molecule has 0 bridgehead atoms. The molecule has 1 aliphatic heterocycles. The molecule has 1 rings (SSSR count). The predicted octanol–water partition coefficient (Wildman–Crippen LogP) is 0.429. The predicted molar refractivity (Wildman–Crippen MR) is 43.3 cm³/mol. The van der Waals surface area contributed by atoms with Gasteiger partial charge in [0, 0.05) is 6.21 Å². The number of hydrogen-bond donors (Lipinski definition) is 1. The summed E-state index contributed by atoms with van der Waals surface area (Å²) < 4.78 is 0. The van der Waals surface area contributed by atoms with Crippen molar-refractivity contribution in [1.29, 1.82) is 0 Å². The summed E-state index contributed by atoms with van der Waals surface area (Å²) in [6.45, 7) is 1.75. The maximum atomic E-state index is 11.1. The quantitative estimate of drug-likeness (QED) is 0.648. The van der Waals surface area contributed by atoms with E-state index < -0.39 is 12.0 Å². The van der Waals surface area contributed by atoms with Crippen molar-refractivity contribution in [3.63, 3.8) is 0 Å². The van der Waals surface area contributed by atoms with Crippen LogP contribution in [0.15, 0.2) is 16.6 Å². The standard InChI is InChI=1S/C8H9NO3/c1-5-2-7(10)6(9-4-5)3-8(11)12/h2,4,6H,3H2,1H3,(H,11,12). The minimum absolute atomic E-state index is 0.223. The molecule has 0 aliphatic carbocycles. The molecule has 1 unspecified atom stereocenters. The van der Waals surface area contributed by atoms with Crippen LogP contribution in [0.5, 0.6) is 0 Å². The molecule has 1 N–H and O–H groups in total. The minimum atomic E-state index is -1.00. The van der Waals surface area contributed by atoms with Crippen molar-refractivity contribution < 1.29 is 14.7 Å². The zero-order chi connectivity index (χ0) is 9.14. The van der Waals surface area contributed by atoms with E-state index >= 15 is 0 Å². The topological polar surface area (TPSA) is 66.7 Å². The van der Waals surface area contributed by atoms with Crippen LogP contribution in [-0.4, -0.2) is 29.1 Å². The normalized spacial score (nSPS) is 22.2. The summed E-state index contributed by atoms with van der Waals surface area (Å²) in [5.74, 6) is -1.23. The fourth-order valence-corrected chi connectivity index (χ4v) is 0.958. The van der Waals surface area contributed by atoms with Gasteiger partial charge in [-0.1, -0.05) is 0 Å². The Morgan fingerprint density at radius 3 is 2.92 bits per heavy atom. The van der Waals surface area contributed by atoms with E-state index in [4.69, 9.17) is 5.11 Å². The van der Waals surface area contributed by atoms with Gasteiger partial charge in [-0.15, -0.1) is 0 Å². The second-order valence-electron chi connectivity index (χ2n) is 2.68. The van der Waals surface area contributed by atoms with Gasteiger partial charge >= 0.3 is 5.97 Å². The molecule has 1 atom stereocenters. The number of ketones is 1. The van der Waals surface area contributed by atoms with Gasteiger partial charge in [-0.05, 0) is 18.6 Å². The number of hydrogen-bond acceptors (Lipinski definition) is 3. The van der Waals surface area contributed by atoms with Gasteiger partial charge in [0.25, 0.3) is 0 Å². The molecule has 0 saturated carbocycles. The molecule has 0 aromatic rings. The van der Waals surface area contributed by atoms with Gasteiger partial charge in [0.1, 0.15) is 6.04 Å². The molecule has 4 nitrogen and oxygen atoms in total. The van der Waals surface area contributed by atoms with Crippen molar-refractivity contribution >= 4 is 18.0 Å². The lowest BCUT2D eigenvalue weighted by molar-refractivity contribution is -0.138. The number of carboxylic acids is 1. The van der Waals surface area contributed by atoms with Crippen LogP contribution in [0.1, 0.15) is 13.3 Å². The SMILES string of the molecule is CC1=CC(=O)C(CC(=O)O)N=C1. The first-order valence-corrected chi connectivity index (χ1v) is 3.56. The molecule has 4 heteroatoms. The van der Waals surface area contributed by atoms with Crippen LogP contribution in [0.4, 0.5) is 0 Å². The van der Waals surface area contributed by atoms with Crippen molar-refractivity contribution in [1.82, 2.24) is 0 Å². The number of aliphatic imine (C=N–C) groups is 1. The lowest BCUT2D eigenvalue weighted by Crippen LogP contribution is -2.23. The van der Waals surface area contributed by atoms with Crippen LogP contribution in [0.2, 0.25) is 0 Å². The van der Waals surface area contributed by atoms with Crippen LogP contribution in [0.25, 0.3) is 0 Å². The van der Waals surface area contributed by atoms with Gasteiger partial charge in [0.15, 0.2) is 5.78 Å². The Labute approximate surface area is 69.6 Å². The van der Waals surface area contributed by atoms with Gasteiger partial charge in [-0.25, -0.2) is 0 Å². The third kappa shape index (κ3) is 2.02. The van der Waals surface area contributed by atoms with E-state index in [1.54, 1.807) is 6.92 Å². The second-order valence-corrected chi connectivity index (χ2v) is 2.68. The number of carboxylic acid groups (broad SMARTS) is 1. The monoisotopic (exact) mass is 167 g/mol. The van der Waals surface area contributed by atoms with E-state index in [2.05, 4.69) is 4.99 Å². The molecule has 0 saturated heterocycles. The average molecular weight is 167 g/mol. The van der Waals surface area contributed by atoms with Gasteiger partial charge in [0.05, 0.1) is 6.42 Å². The molecular weight excluding hydrogens is 158 g/mol. The molecule has 0 aromatic heterocycles. The van der Waals surface area contributed by atoms with Gasteiger partial charge < -0.3 is 5.11 Å². The van der Waals surface area contributed by atoms with E-state index in [1.165, 1.54) is 12.3 Å². The number of allylic oxidation sites excluding steroid dienone is 1. The summed E-state index contributed by atoms with van der Waals surface area (Å²) in [5, 5.41) is 8.40. The first-order chi connectivity index (χ1) is 5.59. The second kappa shape index (κ2) is 3.30. The van der Waals surface area contributed by atoms with Gasteiger partial charge in [-0.3, -0.25) is 14.6 Å². The lowest BCUT2D eigenvalue weighted by Gasteiger charge is -2.09. The Morgan fingerprint density at radius 2 is 2.42 bits per heavy atom. The highest BCUT2D eigenvalue weighted by atomic mass is 16.4. The molecule has 1 aliphatic rings. The third-order valence-corrected chi connectivity index (χ3v) is 1.52. The summed E-state index contributed by atoms with van der Waals surface area (Å²) in [4.78, 5) is 25.1. The molecule has 64 valence electrons.